The number of thiophene rings is 1. The lowest BCUT2D eigenvalue weighted by molar-refractivity contribution is -0.380. The number of nitro groups is 1. The topological polar surface area (TPSA) is 102 Å². The zero-order valence-corrected chi connectivity index (χ0v) is 16.1. The van der Waals surface area contributed by atoms with Gasteiger partial charge in [0.1, 0.15) is 4.88 Å². The highest BCUT2D eigenvalue weighted by molar-refractivity contribution is 7.17. The number of hydrogen-bond acceptors (Lipinski definition) is 7. The first kappa shape index (κ1) is 19.8. The molecule has 2 aromatic rings. The summed E-state index contributed by atoms with van der Waals surface area (Å²) in [6, 6.07) is 10.1. The van der Waals surface area contributed by atoms with Gasteiger partial charge in [-0.15, -0.1) is 0 Å². The molecule has 1 aromatic carbocycles. The number of nitrogens with zero attached hydrogens (tertiary/aromatic N) is 2. The van der Waals surface area contributed by atoms with Crippen molar-refractivity contribution in [2.24, 2.45) is 0 Å². The molecule has 0 saturated carbocycles. The molecule has 28 heavy (non-hydrogen) atoms. The molecule has 2 heterocycles. The third-order valence-corrected chi connectivity index (χ3v) is 5.45. The molecule has 0 aliphatic carbocycles. The Kier molecular flexibility index (Phi) is 6.59. The van der Waals surface area contributed by atoms with E-state index in [-0.39, 0.29) is 9.88 Å². The highest BCUT2D eigenvalue weighted by atomic mass is 32.1. The molecule has 3 rings (SSSR count). The number of hydrogen-bond donors (Lipinski definition) is 1. The molecule has 0 atom stereocenters. The second-order valence-electron chi connectivity index (χ2n) is 6.47. The summed E-state index contributed by atoms with van der Waals surface area (Å²) >= 11 is 0.711. The van der Waals surface area contributed by atoms with Gasteiger partial charge in [0.25, 0.3) is 5.91 Å². The zero-order chi connectivity index (χ0) is 19.9. The van der Waals surface area contributed by atoms with Crippen molar-refractivity contribution in [3.05, 3.63) is 51.4 Å². The Morgan fingerprint density at radius 1 is 1.07 bits per heavy atom. The van der Waals surface area contributed by atoms with Gasteiger partial charge < -0.3 is 15.0 Å². The van der Waals surface area contributed by atoms with Crippen LogP contribution in [0.3, 0.4) is 0 Å². The summed E-state index contributed by atoms with van der Waals surface area (Å²) < 4.78 is 4.92. The van der Waals surface area contributed by atoms with Gasteiger partial charge in [-0.2, -0.15) is 0 Å². The van der Waals surface area contributed by atoms with Crippen molar-refractivity contribution in [1.29, 1.82) is 0 Å². The van der Waals surface area contributed by atoms with Crippen LogP contribution in [0.4, 0.5) is 16.4 Å². The molecule has 1 aliphatic rings. The molecular weight excluding hydrogens is 382 g/mol. The summed E-state index contributed by atoms with van der Waals surface area (Å²) in [6.07, 6.45) is 4.92. The van der Waals surface area contributed by atoms with E-state index < -0.39 is 23.4 Å². The van der Waals surface area contributed by atoms with Crippen LogP contribution in [0.2, 0.25) is 0 Å². The van der Waals surface area contributed by atoms with Crippen LogP contribution in [-0.4, -0.2) is 36.5 Å². The Morgan fingerprint density at radius 3 is 2.36 bits per heavy atom. The molecular formula is C19H21N3O5S. The molecule has 1 aliphatic heterocycles. The molecule has 8 nitrogen and oxygen atoms in total. The number of carbonyl (C=O) groups is 2. The predicted octanol–water partition coefficient (Wildman–Crippen LogP) is 3.83. The fourth-order valence-electron chi connectivity index (χ4n) is 3.02. The molecule has 1 fully saturated rings. The summed E-state index contributed by atoms with van der Waals surface area (Å²) in [5.74, 6) is -1.23. The van der Waals surface area contributed by atoms with E-state index in [2.05, 4.69) is 10.2 Å². The van der Waals surface area contributed by atoms with Crippen LogP contribution in [0.1, 0.15) is 35.4 Å². The Bertz CT molecular complexity index is 842. The molecule has 1 aromatic heterocycles. The van der Waals surface area contributed by atoms with Gasteiger partial charge in [0, 0.05) is 30.5 Å². The third kappa shape index (κ3) is 5.29. The molecule has 0 radical (unpaired) electrons. The fourth-order valence-corrected chi connectivity index (χ4v) is 3.73. The van der Waals surface area contributed by atoms with Crippen LogP contribution in [0.25, 0.3) is 0 Å². The molecule has 148 valence electrons. The molecule has 9 heteroatoms. The minimum atomic E-state index is -0.759. The van der Waals surface area contributed by atoms with Gasteiger partial charge in [-0.25, -0.2) is 4.79 Å². The number of benzene rings is 1. The second-order valence-corrected chi connectivity index (χ2v) is 7.53. The van der Waals surface area contributed by atoms with Gasteiger partial charge in [-0.1, -0.05) is 24.2 Å². The van der Waals surface area contributed by atoms with Crippen molar-refractivity contribution in [3.8, 4) is 0 Å². The standard InChI is InChI=1S/C19H21N3O5S/c23-17(13-27-19(24)16-9-10-18(28-16)22(25)26)20-14-5-7-15(8-6-14)21-11-3-1-2-4-12-21/h5-10H,1-4,11-13H2,(H,20,23). The Balaban J connectivity index is 1.48. The first-order valence-corrected chi connectivity index (χ1v) is 9.91. The summed E-state index contributed by atoms with van der Waals surface area (Å²) in [4.78, 5) is 36.4. The van der Waals surface area contributed by atoms with E-state index in [1.165, 1.54) is 37.8 Å². The lowest BCUT2D eigenvalue weighted by Gasteiger charge is -2.22. The van der Waals surface area contributed by atoms with E-state index in [1.54, 1.807) is 0 Å². The number of anilines is 2. The van der Waals surface area contributed by atoms with E-state index in [0.717, 1.165) is 18.8 Å². The van der Waals surface area contributed by atoms with Crippen molar-refractivity contribution in [3.63, 3.8) is 0 Å². The van der Waals surface area contributed by atoms with Gasteiger partial charge >= 0.3 is 11.0 Å². The van der Waals surface area contributed by atoms with Crippen LogP contribution in [0.15, 0.2) is 36.4 Å². The van der Waals surface area contributed by atoms with Crippen LogP contribution in [0.5, 0.6) is 0 Å². The largest absolute Gasteiger partial charge is 0.451 e. The molecule has 1 N–H and O–H groups in total. The monoisotopic (exact) mass is 403 g/mol. The molecule has 0 unspecified atom stereocenters. The van der Waals surface area contributed by atoms with E-state index in [9.17, 15) is 19.7 Å². The SMILES string of the molecule is O=C(COC(=O)c1ccc([N+](=O)[O-])s1)Nc1ccc(N2CCCCCC2)cc1. The normalized spacial score (nSPS) is 14.2. The van der Waals surface area contributed by atoms with Gasteiger partial charge in [0.2, 0.25) is 0 Å². The summed E-state index contributed by atoms with van der Waals surface area (Å²) in [6.45, 7) is 1.63. The van der Waals surface area contributed by atoms with E-state index in [0.29, 0.717) is 17.0 Å². The maximum Gasteiger partial charge on any atom is 0.349 e. The second kappa shape index (κ2) is 9.32. The van der Waals surface area contributed by atoms with Crippen molar-refractivity contribution in [2.75, 3.05) is 29.9 Å². The van der Waals surface area contributed by atoms with Crippen molar-refractivity contribution < 1.29 is 19.2 Å². The molecule has 0 bridgehead atoms. The first-order valence-electron chi connectivity index (χ1n) is 9.09. The van der Waals surface area contributed by atoms with Crippen LogP contribution < -0.4 is 10.2 Å². The van der Waals surface area contributed by atoms with E-state index >= 15 is 0 Å². The summed E-state index contributed by atoms with van der Waals surface area (Å²) in [5, 5.41) is 13.2. The van der Waals surface area contributed by atoms with Crippen molar-refractivity contribution in [2.45, 2.75) is 25.7 Å². The first-order chi connectivity index (χ1) is 13.5. The predicted molar refractivity (Wildman–Crippen MR) is 107 cm³/mol. The number of ether oxygens (including phenoxy) is 1. The lowest BCUT2D eigenvalue weighted by atomic mass is 10.2. The molecule has 0 spiro atoms. The minimum absolute atomic E-state index is 0.0845. The highest BCUT2D eigenvalue weighted by Crippen LogP contribution is 2.24. The van der Waals surface area contributed by atoms with Crippen LogP contribution in [-0.2, 0) is 9.53 Å². The number of rotatable bonds is 6. The average molecular weight is 403 g/mol. The fraction of sp³-hybridized carbons (Fsp3) is 0.368. The maximum absolute atomic E-state index is 12.0. The van der Waals surface area contributed by atoms with E-state index in [4.69, 9.17) is 4.74 Å². The average Bonchev–Trinajstić information content (AvgIpc) is 3.04. The summed E-state index contributed by atoms with van der Waals surface area (Å²) in [5.41, 5.74) is 1.75. The van der Waals surface area contributed by atoms with Gasteiger partial charge in [0.05, 0.1) is 4.92 Å². The Hall–Kier alpha value is -2.94. The Morgan fingerprint density at radius 2 is 1.75 bits per heavy atom. The number of amides is 1. The zero-order valence-electron chi connectivity index (χ0n) is 15.3. The number of nitrogens with one attached hydrogen (secondary N) is 1. The smallest absolute Gasteiger partial charge is 0.349 e. The van der Waals surface area contributed by atoms with Gasteiger partial charge in [-0.05, 0) is 43.2 Å². The maximum atomic E-state index is 12.0. The lowest BCUT2D eigenvalue weighted by Crippen LogP contribution is -2.24. The van der Waals surface area contributed by atoms with Crippen LogP contribution in [0, 0.1) is 10.1 Å². The van der Waals surface area contributed by atoms with E-state index in [1.807, 2.05) is 24.3 Å². The molecule has 1 amide bonds. The quantitative estimate of drug-likeness (QED) is 0.447. The van der Waals surface area contributed by atoms with Gasteiger partial charge in [-0.3, -0.25) is 14.9 Å². The van der Waals surface area contributed by atoms with Crippen LogP contribution >= 0.6 is 11.3 Å². The number of carbonyl (C=O) groups excluding carboxylic acids is 2. The van der Waals surface area contributed by atoms with Gasteiger partial charge in [0.15, 0.2) is 6.61 Å². The van der Waals surface area contributed by atoms with Crippen molar-refractivity contribution >= 4 is 39.6 Å². The number of esters is 1. The molecule has 1 saturated heterocycles. The third-order valence-electron chi connectivity index (χ3n) is 4.43. The highest BCUT2D eigenvalue weighted by Gasteiger charge is 2.17. The Labute approximate surface area is 166 Å². The minimum Gasteiger partial charge on any atom is -0.451 e. The van der Waals surface area contributed by atoms with Crippen molar-refractivity contribution in [1.82, 2.24) is 0 Å². The summed E-state index contributed by atoms with van der Waals surface area (Å²) in [7, 11) is 0.